The molecule has 2 aromatic carbocycles. The molecule has 0 saturated heterocycles. The molecule has 0 aliphatic heterocycles. The highest BCUT2D eigenvalue weighted by Crippen LogP contribution is 2.28. The van der Waals surface area contributed by atoms with Crippen molar-refractivity contribution in [2.75, 3.05) is 29.5 Å². The van der Waals surface area contributed by atoms with E-state index in [0.29, 0.717) is 35.0 Å². The number of ether oxygens (including phenoxy) is 1. The van der Waals surface area contributed by atoms with Crippen molar-refractivity contribution in [1.82, 2.24) is 0 Å². The number of hydrogen-bond donors (Lipinski definition) is 1. The first-order valence-electron chi connectivity index (χ1n) is 8.83. The molecular formula is C20H25ClN2O4S. The molecule has 0 fully saturated rings. The Morgan fingerprint density at radius 2 is 1.93 bits per heavy atom. The molecule has 6 nitrogen and oxygen atoms in total. The van der Waals surface area contributed by atoms with Crippen LogP contribution in [0.25, 0.3) is 0 Å². The summed E-state index contributed by atoms with van der Waals surface area (Å²) in [6.07, 6.45) is 1.72. The van der Waals surface area contributed by atoms with Crippen molar-refractivity contribution in [3.63, 3.8) is 0 Å². The summed E-state index contributed by atoms with van der Waals surface area (Å²) in [7, 11) is -1.89. The number of anilines is 2. The summed E-state index contributed by atoms with van der Waals surface area (Å²) in [5.74, 6) is -0.175. The number of amides is 1. The standard InChI is InChI=1S/C20H25ClN2O4S/c1-15-18(21)9-5-10-19(15)23(28(3,25)26)12-6-11-20(24)22-17-8-4-7-16(13-17)14-27-2/h4-5,7-10,13H,6,11-12,14H2,1-3H3,(H,22,24). The summed E-state index contributed by atoms with van der Waals surface area (Å²) in [5, 5.41) is 3.33. The molecule has 0 heterocycles. The number of hydrogen-bond acceptors (Lipinski definition) is 4. The van der Waals surface area contributed by atoms with Gasteiger partial charge in [0.15, 0.2) is 0 Å². The molecular weight excluding hydrogens is 400 g/mol. The third kappa shape index (κ3) is 6.22. The zero-order valence-electron chi connectivity index (χ0n) is 16.2. The molecule has 2 aromatic rings. The summed E-state index contributed by atoms with van der Waals surface area (Å²) in [6.45, 7) is 2.43. The van der Waals surface area contributed by atoms with Crippen LogP contribution in [0.5, 0.6) is 0 Å². The van der Waals surface area contributed by atoms with Crippen LogP contribution in [-0.4, -0.2) is 34.2 Å². The molecule has 0 aromatic heterocycles. The van der Waals surface area contributed by atoms with Gasteiger partial charge in [0.2, 0.25) is 15.9 Å². The van der Waals surface area contributed by atoms with Gasteiger partial charge in [-0.05, 0) is 48.7 Å². The van der Waals surface area contributed by atoms with Gasteiger partial charge in [-0.3, -0.25) is 9.10 Å². The van der Waals surface area contributed by atoms with Gasteiger partial charge in [-0.25, -0.2) is 8.42 Å². The zero-order valence-corrected chi connectivity index (χ0v) is 17.8. The Balaban J connectivity index is 2.00. The first-order valence-corrected chi connectivity index (χ1v) is 11.1. The van der Waals surface area contributed by atoms with Crippen molar-refractivity contribution in [3.8, 4) is 0 Å². The number of carbonyl (C=O) groups excluding carboxylic acids is 1. The molecule has 0 spiro atoms. The number of nitrogens with zero attached hydrogens (tertiary/aromatic N) is 1. The van der Waals surface area contributed by atoms with Crippen molar-refractivity contribution in [2.45, 2.75) is 26.4 Å². The van der Waals surface area contributed by atoms with Crippen LogP contribution in [0.4, 0.5) is 11.4 Å². The Hall–Kier alpha value is -2.09. The Morgan fingerprint density at radius 1 is 1.21 bits per heavy atom. The molecule has 2 rings (SSSR count). The molecule has 0 aliphatic carbocycles. The number of nitrogens with one attached hydrogen (secondary N) is 1. The summed E-state index contributed by atoms with van der Waals surface area (Å²) in [4.78, 5) is 12.2. The summed E-state index contributed by atoms with van der Waals surface area (Å²) in [6, 6.07) is 12.5. The fraction of sp³-hybridized carbons (Fsp3) is 0.350. The lowest BCUT2D eigenvalue weighted by atomic mass is 10.2. The van der Waals surface area contributed by atoms with Gasteiger partial charge in [-0.1, -0.05) is 29.8 Å². The van der Waals surface area contributed by atoms with Crippen molar-refractivity contribution in [3.05, 3.63) is 58.6 Å². The number of rotatable bonds is 9. The van der Waals surface area contributed by atoms with Gasteiger partial charge in [-0.15, -0.1) is 0 Å². The average molecular weight is 425 g/mol. The number of sulfonamides is 1. The van der Waals surface area contributed by atoms with Gasteiger partial charge in [0.05, 0.1) is 18.6 Å². The number of halogens is 1. The third-order valence-corrected chi connectivity index (χ3v) is 5.78. The van der Waals surface area contributed by atoms with E-state index < -0.39 is 10.0 Å². The molecule has 0 bridgehead atoms. The van der Waals surface area contributed by atoms with Crippen LogP contribution in [-0.2, 0) is 26.2 Å². The SMILES string of the molecule is COCc1cccc(NC(=O)CCCN(c2cccc(Cl)c2C)S(C)(=O)=O)c1. The van der Waals surface area contributed by atoms with Gasteiger partial charge in [0.1, 0.15) is 0 Å². The highest BCUT2D eigenvalue weighted by molar-refractivity contribution is 7.92. The van der Waals surface area contributed by atoms with Gasteiger partial charge >= 0.3 is 0 Å². The van der Waals surface area contributed by atoms with Crippen LogP contribution in [0.1, 0.15) is 24.0 Å². The molecule has 0 saturated carbocycles. The van der Waals surface area contributed by atoms with Crippen LogP contribution in [0.2, 0.25) is 5.02 Å². The minimum Gasteiger partial charge on any atom is -0.380 e. The van der Waals surface area contributed by atoms with E-state index in [4.69, 9.17) is 16.3 Å². The summed E-state index contributed by atoms with van der Waals surface area (Å²) in [5.41, 5.74) is 2.86. The molecule has 152 valence electrons. The highest BCUT2D eigenvalue weighted by Gasteiger charge is 2.20. The fourth-order valence-corrected chi connectivity index (χ4v) is 4.03. The second kappa shape index (κ2) is 9.91. The van der Waals surface area contributed by atoms with E-state index >= 15 is 0 Å². The van der Waals surface area contributed by atoms with Crippen LogP contribution in [0, 0.1) is 6.92 Å². The Bertz CT molecular complexity index is 932. The number of methoxy groups -OCH3 is 1. The molecule has 0 aliphatic rings. The second-order valence-corrected chi connectivity index (χ2v) is 8.82. The zero-order chi connectivity index (χ0) is 20.7. The van der Waals surface area contributed by atoms with E-state index in [9.17, 15) is 13.2 Å². The van der Waals surface area contributed by atoms with E-state index in [1.54, 1.807) is 38.3 Å². The lowest BCUT2D eigenvalue weighted by Crippen LogP contribution is -2.32. The van der Waals surface area contributed by atoms with Gasteiger partial charge in [0, 0.05) is 30.8 Å². The van der Waals surface area contributed by atoms with Crippen molar-refractivity contribution >= 4 is 38.9 Å². The largest absolute Gasteiger partial charge is 0.380 e. The molecule has 8 heteroatoms. The van der Waals surface area contributed by atoms with Crippen LogP contribution in [0.3, 0.4) is 0 Å². The summed E-state index contributed by atoms with van der Waals surface area (Å²) >= 11 is 6.12. The first-order chi connectivity index (χ1) is 13.2. The third-order valence-electron chi connectivity index (χ3n) is 4.19. The van der Waals surface area contributed by atoms with Gasteiger partial charge in [-0.2, -0.15) is 0 Å². The monoisotopic (exact) mass is 424 g/mol. The molecule has 1 N–H and O–H groups in total. The molecule has 28 heavy (non-hydrogen) atoms. The van der Waals surface area contributed by atoms with E-state index in [1.165, 1.54) is 4.31 Å². The lowest BCUT2D eigenvalue weighted by molar-refractivity contribution is -0.116. The predicted octanol–water partition coefficient (Wildman–Crippen LogP) is 3.98. The average Bonchev–Trinajstić information content (AvgIpc) is 2.61. The maximum atomic E-state index is 12.2. The fourth-order valence-electron chi connectivity index (χ4n) is 2.84. The van der Waals surface area contributed by atoms with E-state index in [0.717, 1.165) is 11.8 Å². The number of benzene rings is 2. The molecule has 0 radical (unpaired) electrons. The topological polar surface area (TPSA) is 75.7 Å². The molecule has 1 amide bonds. The quantitative estimate of drug-likeness (QED) is 0.660. The maximum Gasteiger partial charge on any atom is 0.232 e. The van der Waals surface area contributed by atoms with Crippen LogP contribution in [0.15, 0.2) is 42.5 Å². The lowest BCUT2D eigenvalue weighted by Gasteiger charge is -2.24. The van der Waals surface area contributed by atoms with Gasteiger partial charge < -0.3 is 10.1 Å². The van der Waals surface area contributed by atoms with Crippen molar-refractivity contribution < 1.29 is 17.9 Å². The van der Waals surface area contributed by atoms with Crippen LogP contribution >= 0.6 is 11.6 Å². The smallest absolute Gasteiger partial charge is 0.232 e. The van der Waals surface area contributed by atoms with Gasteiger partial charge in [0.25, 0.3) is 0 Å². The minimum atomic E-state index is -3.50. The predicted molar refractivity (Wildman–Crippen MR) is 113 cm³/mol. The van der Waals surface area contributed by atoms with E-state index in [1.807, 2.05) is 18.2 Å². The number of carbonyl (C=O) groups is 1. The Kier molecular flexibility index (Phi) is 7.86. The van der Waals surface area contributed by atoms with Crippen molar-refractivity contribution in [2.24, 2.45) is 0 Å². The van der Waals surface area contributed by atoms with E-state index in [2.05, 4.69) is 5.32 Å². The normalized spacial score (nSPS) is 11.3. The minimum absolute atomic E-state index is 0.175. The Labute approximate surface area is 171 Å². The van der Waals surface area contributed by atoms with E-state index in [-0.39, 0.29) is 18.9 Å². The van der Waals surface area contributed by atoms with Crippen LogP contribution < -0.4 is 9.62 Å². The van der Waals surface area contributed by atoms with Crippen molar-refractivity contribution in [1.29, 1.82) is 0 Å². The molecule has 0 atom stereocenters. The first kappa shape index (κ1) is 22.2. The summed E-state index contributed by atoms with van der Waals surface area (Å²) < 4.78 is 30.8. The highest BCUT2D eigenvalue weighted by atomic mass is 35.5. The Morgan fingerprint density at radius 3 is 2.61 bits per heavy atom. The second-order valence-electron chi connectivity index (χ2n) is 6.50. The maximum absolute atomic E-state index is 12.2. The molecule has 0 unspecified atom stereocenters.